The minimum absolute atomic E-state index is 0.0283. The number of aryl methyl sites for hydroxylation is 1. The summed E-state index contributed by atoms with van der Waals surface area (Å²) in [6.07, 6.45) is 4.02. The number of hydrogen-bond acceptors (Lipinski definition) is 6. The maximum atomic E-state index is 12.5. The zero-order valence-electron chi connectivity index (χ0n) is 15.1. The Bertz CT molecular complexity index is 767. The van der Waals surface area contributed by atoms with Crippen LogP contribution in [0.3, 0.4) is 0 Å². The van der Waals surface area contributed by atoms with Gasteiger partial charge < -0.3 is 9.64 Å². The lowest BCUT2D eigenvalue weighted by molar-refractivity contribution is 0.0624. The first kappa shape index (κ1) is 17.1. The fourth-order valence-corrected chi connectivity index (χ4v) is 3.69. The minimum atomic E-state index is 0.0283. The molecule has 1 amide bonds. The number of amides is 1. The highest BCUT2D eigenvalue weighted by Gasteiger charge is 2.26. The molecule has 0 aromatic carbocycles. The monoisotopic (exact) mass is 356 g/mol. The van der Waals surface area contributed by atoms with Gasteiger partial charge in [-0.25, -0.2) is 0 Å². The van der Waals surface area contributed by atoms with Crippen molar-refractivity contribution in [3.05, 3.63) is 41.0 Å². The molecule has 0 unspecified atom stereocenters. The van der Waals surface area contributed by atoms with E-state index in [0.717, 1.165) is 44.9 Å². The first-order valence-electron chi connectivity index (χ1n) is 9.19. The summed E-state index contributed by atoms with van der Waals surface area (Å²) in [6.45, 7) is 8.41. The van der Waals surface area contributed by atoms with Gasteiger partial charge in [0.1, 0.15) is 0 Å². The number of rotatable bonds is 4. The molecular weight excluding hydrogens is 332 g/mol. The zero-order chi connectivity index (χ0) is 17.9. The average Bonchev–Trinajstić information content (AvgIpc) is 3.06. The number of aromatic nitrogens is 4. The molecule has 0 radical (unpaired) electrons. The summed E-state index contributed by atoms with van der Waals surface area (Å²) in [6, 6.07) is 1.71. The van der Waals surface area contributed by atoms with Gasteiger partial charge in [0.25, 0.3) is 5.91 Å². The van der Waals surface area contributed by atoms with Crippen LogP contribution < -0.4 is 0 Å². The van der Waals surface area contributed by atoms with Crippen LogP contribution in [0.1, 0.15) is 34.2 Å². The van der Waals surface area contributed by atoms with Crippen LogP contribution in [0.15, 0.2) is 18.5 Å². The topological polar surface area (TPSA) is 76.4 Å². The van der Waals surface area contributed by atoms with Crippen molar-refractivity contribution >= 4 is 5.91 Å². The molecule has 4 rings (SSSR count). The number of piperazine rings is 1. The van der Waals surface area contributed by atoms with Gasteiger partial charge in [0.2, 0.25) is 0 Å². The van der Waals surface area contributed by atoms with Crippen LogP contribution in [-0.4, -0.2) is 68.5 Å². The molecule has 0 bridgehead atoms. The van der Waals surface area contributed by atoms with Crippen LogP contribution in [0, 0.1) is 0 Å². The highest BCUT2D eigenvalue weighted by molar-refractivity contribution is 5.93. The smallest absolute Gasteiger partial charge is 0.255 e. The maximum absolute atomic E-state index is 12.5. The van der Waals surface area contributed by atoms with E-state index in [2.05, 4.69) is 26.7 Å². The fraction of sp³-hybridized carbons (Fsp3) is 0.556. The predicted molar refractivity (Wildman–Crippen MR) is 94.5 cm³/mol. The van der Waals surface area contributed by atoms with E-state index in [9.17, 15) is 4.79 Å². The average molecular weight is 356 g/mol. The largest absolute Gasteiger partial charge is 0.376 e. The van der Waals surface area contributed by atoms with E-state index < -0.39 is 0 Å². The molecule has 26 heavy (non-hydrogen) atoms. The Morgan fingerprint density at radius 3 is 2.81 bits per heavy atom. The molecule has 1 fully saturated rings. The highest BCUT2D eigenvalue weighted by Crippen LogP contribution is 2.22. The van der Waals surface area contributed by atoms with Crippen molar-refractivity contribution in [1.29, 1.82) is 0 Å². The molecule has 1 saturated heterocycles. The van der Waals surface area contributed by atoms with Crippen molar-refractivity contribution < 1.29 is 9.53 Å². The van der Waals surface area contributed by atoms with Gasteiger partial charge >= 0.3 is 0 Å². The summed E-state index contributed by atoms with van der Waals surface area (Å²) in [5.41, 5.74) is 4.31. The third-order valence-corrected chi connectivity index (χ3v) is 5.14. The first-order valence-corrected chi connectivity index (χ1v) is 9.19. The molecule has 2 aromatic rings. The standard InChI is InChI=1S/C18H24N6O2/c1-2-24-17-4-10-26-13-15(17)16(21-24)12-22-6-8-23(9-7-22)18(25)14-3-5-19-20-11-14/h3,5,11H,2,4,6-10,12-13H2,1H3. The van der Waals surface area contributed by atoms with Crippen molar-refractivity contribution in [2.45, 2.75) is 33.0 Å². The molecule has 0 aliphatic carbocycles. The van der Waals surface area contributed by atoms with Crippen molar-refractivity contribution in [2.75, 3.05) is 32.8 Å². The van der Waals surface area contributed by atoms with Crippen molar-refractivity contribution in [2.24, 2.45) is 0 Å². The Labute approximate surface area is 152 Å². The first-order chi connectivity index (χ1) is 12.8. The summed E-state index contributed by atoms with van der Waals surface area (Å²) >= 11 is 0. The van der Waals surface area contributed by atoms with Gasteiger partial charge in [-0.15, -0.1) is 0 Å². The van der Waals surface area contributed by atoms with Gasteiger partial charge in [0.15, 0.2) is 0 Å². The van der Waals surface area contributed by atoms with Crippen LogP contribution in [0.25, 0.3) is 0 Å². The number of nitrogens with zero attached hydrogens (tertiary/aromatic N) is 6. The van der Waals surface area contributed by atoms with Crippen LogP contribution >= 0.6 is 0 Å². The molecule has 0 saturated carbocycles. The second-order valence-electron chi connectivity index (χ2n) is 6.69. The highest BCUT2D eigenvalue weighted by atomic mass is 16.5. The molecule has 2 aromatic heterocycles. The molecule has 2 aliphatic rings. The van der Waals surface area contributed by atoms with Crippen LogP contribution in [0.2, 0.25) is 0 Å². The summed E-state index contributed by atoms with van der Waals surface area (Å²) in [5, 5.41) is 12.3. The van der Waals surface area contributed by atoms with Gasteiger partial charge in [0.05, 0.1) is 36.9 Å². The third-order valence-electron chi connectivity index (χ3n) is 5.14. The Morgan fingerprint density at radius 1 is 1.23 bits per heavy atom. The van der Waals surface area contributed by atoms with E-state index in [1.807, 2.05) is 4.90 Å². The minimum Gasteiger partial charge on any atom is -0.376 e. The van der Waals surface area contributed by atoms with Crippen molar-refractivity contribution in [1.82, 2.24) is 29.8 Å². The van der Waals surface area contributed by atoms with Gasteiger partial charge in [-0.3, -0.25) is 14.4 Å². The molecule has 0 spiro atoms. The predicted octanol–water partition coefficient (Wildman–Crippen LogP) is 0.724. The Morgan fingerprint density at radius 2 is 2.08 bits per heavy atom. The van der Waals surface area contributed by atoms with E-state index in [1.54, 1.807) is 12.3 Å². The molecule has 4 heterocycles. The Hall–Kier alpha value is -2.32. The Balaban J connectivity index is 1.39. The van der Waals surface area contributed by atoms with Crippen molar-refractivity contribution in [3.8, 4) is 0 Å². The maximum Gasteiger partial charge on any atom is 0.255 e. The van der Waals surface area contributed by atoms with Crippen molar-refractivity contribution in [3.63, 3.8) is 0 Å². The number of carbonyl (C=O) groups is 1. The zero-order valence-corrected chi connectivity index (χ0v) is 15.1. The Kier molecular flexibility index (Phi) is 4.94. The van der Waals surface area contributed by atoms with E-state index >= 15 is 0 Å². The lowest BCUT2D eigenvalue weighted by Gasteiger charge is -2.34. The van der Waals surface area contributed by atoms with Crippen LogP contribution in [-0.2, 0) is 30.9 Å². The van der Waals surface area contributed by atoms with Crippen LogP contribution in [0.5, 0.6) is 0 Å². The molecule has 8 nitrogen and oxygen atoms in total. The van der Waals surface area contributed by atoms with Crippen LogP contribution in [0.4, 0.5) is 0 Å². The summed E-state index contributed by atoms with van der Waals surface area (Å²) < 4.78 is 7.76. The number of ether oxygens (including phenoxy) is 1. The van der Waals surface area contributed by atoms with Gasteiger partial charge in [-0.05, 0) is 13.0 Å². The molecule has 138 valence electrons. The summed E-state index contributed by atoms with van der Waals surface area (Å²) in [7, 11) is 0. The fourth-order valence-electron chi connectivity index (χ4n) is 3.69. The third kappa shape index (κ3) is 3.34. The number of carbonyl (C=O) groups excluding carboxylic acids is 1. The quantitative estimate of drug-likeness (QED) is 0.804. The van der Waals surface area contributed by atoms with E-state index in [1.165, 1.54) is 17.5 Å². The molecular formula is C18H24N6O2. The summed E-state index contributed by atoms with van der Waals surface area (Å²) in [5.74, 6) is 0.0283. The lowest BCUT2D eigenvalue weighted by Crippen LogP contribution is -2.48. The number of hydrogen-bond donors (Lipinski definition) is 0. The molecule has 0 atom stereocenters. The van der Waals surface area contributed by atoms with Gasteiger partial charge in [0, 0.05) is 56.9 Å². The second kappa shape index (κ2) is 7.51. The van der Waals surface area contributed by atoms with E-state index in [0.29, 0.717) is 25.3 Å². The lowest BCUT2D eigenvalue weighted by atomic mass is 10.1. The molecule has 2 aliphatic heterocycles. The van der Waals surface area contributed by atoms with Gasteiger partial charge in [-0.1, -0.05) is 0 Å². The SMILES string of the molecule is CCn1nc(CN2CCN(C(=O)c3ccnnc3)CC2)c2c1CCOC2. The molecule has 8 heteroatoms. The van der Waals surface area contributed by atoms with Gasteiger partial charge in [-0.2, -0.15) is 15.3 Å². The summed E-state index contributed by atoms with van der Waals surface area (Å²) in [4.78, 5) is 16.8. The number of fused-ring (bicyclic) bond motifs is 1. The normalized spacial score (nSPS) is 18.0. The van der Waals surface area contributed by atoms with E-state index in [-0.39, 0.29) is 5.91 Å². The second-order valence-corrected chi connectivity index (χ2v) is 6.69. The van der Waals surface area contributed by atoms with E-state index in [4.69, 9.17) is 9.84 Å². The molecule has 0 N–H and O–H groups in total.